The highest BCUT2D eigenvalue weighted by Crippen LogP contribution is 2.36. The average Bonchev–Trinajstić information content (AvgIpc) is 3.40. The number of carbonyl (C=O) groups is 3. The van der Waals surface area contributed by atoms with E-state index in [0.717, 1.165) is 22.5 Å². The largest absolute Gasteiger partial charge is 0.482 e. The molecule has 0 fully saturated rings. The summed E-state index contributed by atoms with van der Waals surface area (Å²) in [6.45, 7) is 4.87. The second kappa shape index (κ2) is 10.6. The fraction of sp³-hybridized carbons (Fsp3) is 0.261. The van der Waals surface area contributed by atoms with Crippen molar-refractivity contribution in [3.8, 4) is 17.1 Å². The summed E-state index contributed by atoms with van der Waals surface area (Å²) in [5, 5.41) is 4.56. The minimum atomic E-state index is -0.688. The van der Waals surface area contributed by atoms with Gasteiger partial charge in [-0.05, 0) is 56.2 Å². The Kier molecular flexibility index (Phi) is 7.67. The first kappa shape index (κ1) is 23.1. The standard InChI is InChI=1S/C23H23NO7S/c1-4-28-23(27)21-17(18-6-5-7-29-18)13-32-22(21)24-19(25)11-31-20(26)12-30-16-9-14(2)8-15(3)10-16/h5-10,13H,4,11-12H2,1-3H3,(H,24,25). The number of thiophene rings is 1. The zero-order valence-corrected chi connectivity index (χ0v) is 18.7. The van der Waals surface area contributed by atoms with Crippen LogP contribution in [0.15, 0.2) is 46.4 Å². The molecule has 0 unspecified atom stereocenters. The van der Waals surface area contributed by atoms with Crippen molar-refractivity contribution in [2.24, 2.45) is 0 Å². The number of hydrogen-bond acceptors (Lipinski definition) is 8. The topological polar surface area (TPSA) is 104 Å². The second-order valence-corrected chi connectivity index (χ2v) is 7.75. The molecule has 168 valence electrons. The second-order valence-electron chi connectivity index (χ2n) is 6.87. The maximum absolute atomic E-state index is 12.4. The number of furan rings is 1. The summed E-state index contributed by atoms with van der Waals surface area (Å²) in [7, 11) is 0. The molecule has 2 aromatic heterocycles. The number of aryl methyl sites for hydroxylation is 2. The van der Waals surface area contributed by atoms with Crippen LogP contribution < -0.4 is 10.1 Å². The number of hydrogen-bond donors (Lipinski definition) is 1. The maximum Gasteiger partial charge on any atom is 0.344 e. The van der Waals surface area contributed by atoms with Gasteiger partial charge in [-0.3, -0.25) is 4.79 Å². The van der Waals surface area contributed by atoms with Gasteiger partial charge in [-0.2, -0.15) is 0 Å². The van der Waals surface area contributed by atoms with Crippen LogP contribution in [-0.2, 0) is 19.1 Å². The van der Waals surface area contributed by atoms with E-state index in [2.05, 4.69) is 5.32 Å². The Morgan fingerprint density at radius 2 is 1.81 bits per heavy atom. The van der Waals surface area contributed by atoms with Crippen molar-refractivity contribution in [1.29, 1.82) is 0 Å². The number of ether oxygens (including phenoxy) is 3. The molecular formula is C23H23NO7S. The van der Waals surface area contributed by atoms with Crippen LogP contribution in [0.5, 0.6) is 5.75 Å². The van der Waals surface area contributed by atoms with Gasteiger partial charge in [0.15, 0.2) is 13.2 Å². The number of carbonyl (C=O) groups excluding carboxylic acids is 3. The molecule has 0 aliphatic carbocycles. The van der Waals surface area contributed by atoms with Crippen molar-refractivity contribution < 1.29 is 33.0 Å². The molecule has 0 bridgehead atoms. The Morgan fingerprint density at radius 1 is 1.06 bits per heavy atom. The van der Waals surface area contributed by atoms with Gasteiger partial charge in [0.25, 0.3) is 5.91 Å². The first-order chi connectivity index (χ1) is 15.4. The van der Waals surface area contributed by atoms with Crippen LogP contribution in [0, 0.1) is 13.8 Å². The van der Waals surface area contributed by atoms with Gasteiger partial charge in [0.1, 0.15) is 22.1 Å². The Bertz CT molecular complexity index is 1080. The first-order valence-electron chi connectivity index (χ1n) is 9.86. The van der Waals surface area contributed by atoms with E-state index in [9.17, 15) is 14.4 Å². The summed E-state index contributed by atoms with van der Waals surface area (Å²) >= 11 is 1.14. The van der Waals surface area contributed by atoms with Crippen molar-refractivity contribution in [3.63, 3.8) is 0 Å². The Morgan fingerprint density at radius 3 is 2.47 bits per heavy atom. The van der Waals surface area contributed by atoms with Crippen molar-refractivity contribution in [1.82, 2.24) is 0 Å². The summed E-state index contributed by atoms with van der Waals surface area (Å²) in [4.78, 5) is 36.7. The van der Waals surface area contributed by atoms with Crippen LogP contribution in [-0.4, -0.2) is 37.7 Å². The molecule has 0 atom stereocenters. The van der Waals surface area contributed by atoms with E-state index in [1.54, 1.807) is 36.6 Å². The Labute approximate surface area is 189 Å². The summed E-state index contributed by atoms with van der Waals surface area (Å²) in [6.07, 6.45) is 1.49. The lowest BCUT2D eigenvalue weighted by molar-refractivity contribution is -0.149. The molecule has 0 saturated carbocycles. The molecule has 0 aliphatic heterocycles. The fourth-order valence-corrected chi connectivity index (χ4v) is 3.93. The van der Waals surface area contributed by atoms with Crippen molar-refractivity contribution in [2.45, 2.75) is 20.8 Å². The molecule has 0 aliphatic rings. The third-order valence-corrected chi connectivity index (χ3v) is 5.12. The molecule has 1 N–H and O–H groups in total. The van der Waals surface area contributed by atoms with E-state index < -0.39 is 24.5 Å². The summed E-state index contributed by atoms with van der Waals surface area (Å²) in [6, 6.07) is 8.99. The zero-order chi connectivity index (χ0) is 23.1. The third-order valence-electron chi connectivity index (χ3n) is 4.23. The lowest BCUT2D eigenvalue weighted by Crippen LogP contribution is -2.24. The maximum atomic E-state index is 12.4. The lowest BCUT2D eigenvalue weighted by Gasteiger charge is -2.10. The smallest absolute Gasteiger partial charge is 0.344 e. The normalized spacial score (nSPS) is 10.5. The average molecular weight is 458 g/mol. The Hall–Kier alpha value is -3.59. The molecule has 0 spiro atoms. The minimum absolute atomic E-state index is 0.178. The number of rotatable bonds is 9. The molecule has 0 saturated heterocycles. The fourth-order valence-electron chi connectivity index (χ4n) is 2.98. The highest BCUT2D eigenvalue weighted by Gasteiger charge is 2.24. The van der Waals surface area contributed by atoms with Crippen LogP contribution in [0.3, 0.4) is 0 Å². The van der Waals surface area contributed by atoms with Gasteiger partial charge in [-0.25, -0.2) is 9.59 Å². The number of esters is 2. The molecule has 2 heterocycles. The van der Waals surface area contributed by atoms with Gasteiger partial charge in [0.05, 0.1) is 12.9 Å². The van der Waals surface area contributed by atoms with Crippen LogP contribution in [0.4, 0.5) is 5.00 Å². The lowest BCUT2D eigenvalue weighted by atomic mass is 10.1. The van der Waals surface area contributed by atoms with Crippen molar-refractivity contribution in [3.05, 3.63) is 58.7 Å². The number of nitrogens with one attached hydrogen (secondary N) is 1. The number of amides is 1. The van der Waals surface area contributed by atoms with Gasteiger partial charge in [-0.1, -0.05) is 6.07 Å². The van der Waals surface area contributed by atoms with Crippen LogP contribution >= 0.6 is 11.3 Å². The monoisotopic (exact) mass is 457 g/mol. The number of anilines is 1. The Balaban J connectivity index is 1.58. The minimum Gasteiger partial charge on any atom is -0.482 e. The zero-order valence-electron chi connectivity index (χ0n) is 17.9. The highest BCUT2D eigenvalue weighted by atomic mass is 32.1. The summed E-state index contributed by atoms with van der Waals surface area (Å²) in [5.41, 5.74) is 2.71. The summed E-state index contributed by atoms with van der Waals surface area (Å²) in [5.74, 6) is -0.850. The summed E-state index contributed by atoms with van der Waals surface area (Å²) < 4.78 is 20.9. The third kappa shape index (κ3) is 5.98. The van der Waals surface area contributed by atoms with Crippen molar-refractivity contribution in [2.75, 3.05) is 25.1 Å². The quantitative estimate of drug-likeness (QED) is 0.476. The van der Waals surface area contributed by atoms with Gasteiger partial charge < -0.3 is 23.9 Å². The SMILES string of the molecule is CCOC(=O)c1c(-c2ccco2)csc1NC(=O)COC(=O)COc1cc(C)cc(C)c1. The van der Waals surface area contributed by atoms with Crippen LogP contribution in [0.2, 0.25) is 0 Å². The molecule has 3 rings (SSSR count). The molecular weight excluding hydrogens is 434 g/mol. The van der Waals surface area contributed by atoms with E-state index in [-0.39, 0.29) is 23.8 Å². The van der Waals surface area contributed by atoms with Gasteiger partial charge in [0, 0.05) is 10.9 Å². The van der Waals surface area contributed by atoms with Gasteiger partial charge >= 0.3 is 11.9 Å². The molecule has 9 heteroatoms. The molecule has 32 heavy (non-hydrogen) atoms. The molecule has 1 amide bonds. The number of benzene rings is 1. The van der Waals surface area contributed by atoms with Crippen LogP contribution in [0.25, 0.3) is 11.3 Å². The molecule has 3 aromatic rings. The van der Waals surface area contributed by atoms with Crippen molar-refractivity contribution >= 4 is 34.2 Å². The van der Waals surface area contributed by atoms with Gasteiger partial charge in [0.2, 0.25) is 0 Å². The van der Waals surface area contributed by atoms with E-state index >= 15 is 0 Å². The molecule has 8 nitrogen and oxygen atoms in total. The van der Waals surface area contributed by atoms with E-state index in [0.29, 0.717) is 17.1 Å². The molecule has 1 aromatic carbocycles. The van der Waals surface area contributed by atoms with Gasteiger partial charge in [-0.15, -0.1) is 11.3 Å². The van der Waals surface area contributed by atoms with E-state index in [1.807, 2.05) is 19.9 Å². The predicted octanol–water partition coefficient (Wildman–Crippen LogP) is 4.36. The highest BCUT2D eigenvalue weighted by molar-refractivity contribution is 7.15. The molecule has 0 radical (unpaired) electrons. The van der Waals surface area contributed by atoms with E-state index in [1.165, 1.54) is 6.26 Å². The first-order valence-corrected chi connectivity index (χ1v) is 10.7. The van der Waals surface area contributed by atoms with E-state index in [4.69, 9.17) is 18.6 Å². The van der Waals surface area contributed by atoms with Crippen LogP contribution in [0.1, 0.15) is 28.4 Å². The predicted molar refractivity (Wildman–Crippen MR) is 119 cm³/mol.